The Bertz CT molecular complexity index is 841. The highest BCUT2D eigenvalue weighted by atomic mass is 16.5. The van der Waals surface area contributed by atoms with Crippen LogP contribution < -0.4 is 5.56 Å². The fourth-order valence-corrected chi connectivity index (χ4v) is 3.20. The van der Waals surface area contributed by atoms with Crippen LogP contribution in [0.15, 0.2) is 41.2 Å². The lowest BCUT2D eigenvalue weighted by Gasteiger charge is -2.34. The minimum absolute atomic E-state index is 0.128. The van der Waals surface area contributed by atoms with E-state index in [4.69, 9.17) is 4.74 Å². The van der Waals surface area contributed by atoms with Crippen LogP contribution in [0.5, 0.6) is 0 Å². The minimum Gasteiger partial charge on any atom is -0.383 e. The lowest BCUT2D eigenvalue weighted by atomic mass is 10.1. The Morgan fingerprint density at radius 3 is 2.56 bits per heavy atom. The van der Waals surface area contributed by atoms with Gasteiger partial charge in [-0.15, -0.1) is 0 Å². The summed E-state index contributed by atoms with van der Waals surface area (Å²) in [6.07, 6.45) is 0. The molecule has 0 spiro atoms. The van der Waals surface area contributed by atoms with Gasteiger partial charge in [0.1, 0.15) is 5.69 Å². The summed E-state index contributed by atoms with van der Waals surface area (Å²) in [7, 11) is 1.57. The first-order chi connectivity index (χ1) is 13.1. The van der Waals surface area contributed by atoms with Gasteiger partial charge in [-0.3, -0.25) is 14.5 Å². The van der Waals surface area contributed by atoms with Crippen LogP contribution in [0.4, 0.5) is 0 Å². The lowest BCUT2D eigenvalue weighted by molar-refractivity contribution is 0.0619. The molecule has 27 heavy (non-hydrogen) atoms. The average Bonchev–Trinajstić information content (AvgIpc) is 2.69. The van der Waals surface area contributed by atoms with Gasteiger partial charge in [0.15, 0.2) is 0 Å². The number of ether oxygens (including phenoxy) is 1. The number of carbonyl (C=O) groups excluding carboxylic acids is 1. The number of aryl methyl sites for hydroxylation is 1. The molecule has 1 aromatic heterocycles. The number of aromatic nitrogens is 2. The molecule has 1 saturated heterocycles. The maximum atomic E-state index is 12.8. The van der Waals surface area contributed by atoms with Crippen molar-refractivity contribution in [3.63, 3.8) is 0 Å². The van der Waals surface area contributed by atoms with Gasteiger partial charge in [0.25, 0.3) is 11.5 Å². The van der Waals surface area contributed by atoms with Crippen LogP contribution >= 0.6 is 0 Å². The predicted octanol–water partition coefficient (Wildman–Crippen LogP) is 1.16. The van der Waals surface area contributed by atoms with E-state index in [0.717, 1.165) is 19.6 Å². The Kier molecular flexibility index (Phi) is 6.36. The number of carbonyl (C=O) groups is 1. The third kappa shape index (κ3) is 4.81. The summed E-state index contributed by atoms with van der Waals surface area (Å²) in [5.41, 5.74) is 2.69. The second-order valence-corrected chi connectivity index (χ2v) is 6.77. The van der Waals surface area contributed by atoms with E-state index in [0.29, 0.717) is 31.9 Å². The van der Waals surface area contributed by atoms with Crippen LogP contribution in [0.25, 0.3) is 0 Å². The largest absolute Gasteiger partial charge is 0.383 e. The van der Waals surface area contributed by atoms with Gasteiger partial charge in [0, 0.05) is 45.9 Å². The third-order valence-corrected chi connectivity index (χ3v) is 4.91. The molecule has 144 valence electrons. The van der Waals surface area contributed by atoms with Crippen molar-refractivity contribution in [2.45, 2.75) is 20.0 Å². The molecule has 1 aromatic carbocycles. The molecule has 0 radical (unpaired) electrons. The highest BCUT2D eigenvalue weighted by Crippen LogP contribution is 2.13. The molecule has 0 atom stereocenters. The summed E-state index contributed by atoms with van der Waals surface area (Å²) in [5, 5.41) is 4.20. The van der Waals surface area contributed by atoms with Crippen molar-refractivity contribution in [3.05, 3.63) is 63.6 Å². The molecule has 1 amide bonds. The molecular formula is C20H26N4O3. The number of rotatable bonds is 6. The normalized spacial score (nSPS) is 15.1. The molecule has 0 aliphatic carbocycles. The van der Waals surface area contributed by atoms with Crippen LogP contribution in [0.2, 0.25) is 0 Å². The molecule has 1 aliphatic rings. The summed E-state index contributed by atoms with van der Waals surface area (Å²) >= 11 is 0. The van der Waals surface area contributed by atoms with Crippen molar-refractivity contribution < 1.29 is 9.53 Å². The van der Waals surface area contributed by atoms with Crippen LogP contribution in [-0.4, -0.2) is 65.4 Å². The molecule has 1 aliphatic heterocycles. The van der Waals surface area contributed by atoms with E-state index >= 15 is 0 Å². The number of benzene rings is 1. The Morgan fingerprint density at radius 1 is 1.11 bits per heavy atom. The van der Waals surface area contributed by atoms with Crippen molar-refractivity contribution in [2.24, 2.45) is 0 Å². The van der Waals surface area contributed by atoms with Crippen molar-refractivity contribution >= 4 is 5.91 Å². The van der Waals surface area contributed by atoms with Gasteiger partial charge in [0.05, 0.1) is 13.2 Å². The van der Waals surface area contributed by atoms with E-state index in [2.05, 4.69) is 41.2 Å². The second-order valence-electron chi connectivity index (χ2n) is 6.77. The summed E-state index contributed by atoms with van der Waals surface area (Å²) in [6.45, 7) is 6.69. The van der Waals surface area contributed by atoms with E-state index in [9.17, 15) is 9.59 Å². The molecule has 2 heterocycles. The minimum atomic E-state index is -0.230. The number of nitrogens with zero attached hydrogens (tertiary/aromatic N) is 4. The number of hydrogen-bond donors (Lipinski definition) is 0. The molecule has 0 bridgehead atoms. The van der Waals surface area contributed by atoms with Gasteiger partial charge >= 0.3 is 0 Å². The zero-order chi connectivity index (χ0) is 19.2. The van der Waals surface area contributed by atoms with Gasteiger partial charge < -0.3 is 9.64 Å². The topological polar surface area (TPSA) is 67.7 Å². The number of methoxy groups -OCH3 is 1. The molecule has 0 unspecified atom stereocenters. The van der Waals surface area contributed by atoms with Crippen molar-refractivity contribution in [1.29, 1.82) is 0 Å². The van der Waals surface area contributed by atoms with Crippen LogP contribution in [-0.2, 0) is 17.8 Å². The van der Waals surface area contributed by atoms with E-state index in [1.54, 1.807) is 7.11 Å². The fourth-order valence-electron chi connectivity index (χ4n) is 3.20. The van der Waals surface area contributed by atoms with E-state index in [-0.39, 0.29) is 11.5 Å². The molecule has 7 nitrogen and oxygen atoms in total. The van der Waals surface area contributed by atoms with Gasteiger partial charge in [-0.05, 0) is 24.1 Å². The zero-order valence-electron chi connectivity index (χ0n) is 15.9. The average molecular weight is 370 g/mol. The van der Waals surface area contributed by atoms with Crippen molar-refractivity contribution in [2.75, 3.05) is 39.9 Å². The molecule has 0 N–H and O–H groups in total. The molecular weight excluding hydrogens is 344 g/mol. The second kappa shape index (κ2) is 8.92. The van der Waals surface area contributed by atoms with Crippen LogP contribution in [0, 0.1) is 6.92 Å². The smallest absolute Gasteiger partial charge is 0.274 e. The number of hydrogen-bond acceptors (Lipinski definition) is 5. The Balaban J connectivity index is 1.60. The summed E-state index contributed by atoms with van der Waals surface area (Å²) in [5.74, 6) is -0.128. The number of amides is 1. The van der Waals surface area contributed by atoms with Crippen molar-refractivity contribution in [1.82, 2.24) is 19.6 Å². The van der Waals surface area contributed by atoms with Gasteiger partial charge in [-0.25, -0.2) is 4.68 Å². The fraction of sp³-hybridized carbons (Fsp3) is 0.450. The molecule has 2 aromatic rings. The van der Waals surface area contributed by atoms with E-state index in [1.165, 1.54) is 27.9 Å². The first-order valence-electron chi connectivity index (χ1n) is 9.21. The quantitative estimate of drug-likeness (QED) is 0.763. The first-order valence-corrected chi connectivity index (χ1v) is 9.21. The Labute approximate surface area is 159 Å². The van der Waals surface area contributed by atoms with Crippen LogP contribution in [0.3, 0.4) is 0 Å². The van der Waals surface area contributed by atoms with E-state index in [1.807, 2.05) is 4.90 Å². The third-order valence-electron chi connectivity index (χ3n) is 4.91. The monoisotopic (exact) mass is 370 g/mol. The van der Waals surface area contributed by atoms with Gasteiger partial charge in [0.2, 0.25) is 0 Å². The summed E-state index contributed by atoms with van der Waals surface area (Å²) < 4.78 is 6.27. The molecule has 7 heteroatoms. The van der Waals surface area contributed by atoms with Crippen LogP contribution in [0.1, 0.15) is 21.6 Å². The SMILES string of the molecule is COCCn1nc(C(=O)N2CCN(Cc3ccccc3C)CC2)ccc1=O. The highest BCUT2D eigenvalue weighted by molar-refractivity contribution is 5.92. The summed E-state index contributed by atoms with van der Waals surface area (Å²) in [6, 6.07) is 11.3. The standard InChI is InChI=1S/C20H26N4O3/c1-16-5-3-4-6-17(16)15-22-9-11-23(12-10-22)20(26)18-7-8-19(25)24(21-18)13-14-27-2/h3-8H,9-15H2,1-2H3. The number of piperazine rings is 1. The maximum Gasteiger partial charge on any atom is 0.274 e. The maximum absolute atomic E-state index is 12.8. The Hall–Kier alpha value is -2.51. The lowest BCUT2D eigenvalue weighted by Crippen LogP contribution is -2.48. The molecule has 3 rings (SSSR count). The molecule has 1 fully saturated rings. The summed E-state index contributed by atoms with van der Waals surface area (Å²) in [4.78, 5) is 28.8. The Morgan fingerprint density at radius 2 is 1.85 bits per heavy atom. The molecule has 0 saturated carbocycles. The van der Waals surface area contributed by atoms with Crippen molar-refractivity contribution in [3.8, 4) is 0 Å². The van der Waals surface area contributed by atoms with Gasteiger partial charge in [-0.2, -0.15) is 5.10 Å². The predicted molar refractivity (Wildman–Crippen MR) is 103 cm³/mol. The zero-order valence-corrected chi connectivity index (χ0v) is 15.9. The van der Waals surface area contributed by atoms with E-state index < -0.39 is 0 Å². The first kappa shape index (κ1) is 19.3. The highest BCUT2D eigenvalue weighted by Gasteiger charge is 2.23. The van der Waals surface area contributed by atoms with Gasteiger partial charge in [-0.1, -0.05) is 24.3 Å².